The van der Waals surface area contributed by atoms with Crippen LogP contribution in [0.5, 0.6) is 0 Å². The molecule has 0 saturated carbocycles. The second kappa shape index (κ2) is 9.91. The molecule has 0 heterocycles. The molecule has 0 aliphatic heterocycles. The Kier molecular flexibility index (Phi) is 12.2. The van der Waals surface area contributed by atoms with E-state index in [4.69, 9.17) is 0 Å². The van der Waals surface area contributed by atoms with Gasteiger partial charge in [-0.15, -0.1) is 0 Å². The first-order valence-corrected chi connectivity index (χ1v) is 3.68. The molecule has 0 nitrogen and oxygen atoms in total. The Morgan fingerprint density at radius 2 is 2.00 bits per heavy atom. The van der Waals surface area contributed by atoms with Gasteiger partial charge >= 0.3 is 21.1 Å². The maximum Gasteiger partial charge on any atom is 2.00 e. The van der Waals surface area contributed by atoms with Gasteiger partial charge < -0.3 is 6.92 Å². The van der Waals surface area contributed by atoms with Crippen LogP contribution in [-0.2, 0) is 27.5 Å². The van der Waals surface area contributed by atoms with Crippen molar-refractivity contribution in [1.29, 1.82) is 0 Å². The molecule has 0 spiro atoms. The monoisotopic (exact) mass is 318 g/mol. The van der Waals surface area contributed by atoms with Gasteiger partial charge in [-0.1, -0.05) is 13.8 Å². The summed E-state index contributed by atoms with van der Waals surface area (Å²) in [6.07, 6.45) is 0.834. The van der Waals surface area contributed by atoms with E-state index in [1.165, 1.54) is 5.56 Å². The fourth-order valence-electron chi connectivity index (χ4n) is 0.586. The summed E-state index contributed by atoms with van der Waals surface area (Å²) in [5, 5.41) is 0. The Morgan fingerprint density at radius 1 is 1.36 bits per heavy atom. The van der Waals surface area contributed by atoms with Gasteiger partial charge in [-0.3, -0.25) is 0 Å². The third-order valence-electron chi connectivity index (χ3n) is 1.04. The van der Waals surface area contributed by atoms with E-state index in [0.29, 0.717) is 0 Å². The van der Waals surface area contributed by atoms with E-state index >= 15 is 0 Å². The molecule has 0 N–H and O–H groups in total. The average Bonchev–Trinajstić information content (AvgIpc) is 2.10. The Morgan fingerprint density at radius 3 is 2.27 bits per heavy atom. The van der Waals surface area contributed by atoms with Crippen molar-refractivity contribution < 1.29 is 21.1 Å². The number of benzene rings is 1. The first kappa shape index (κ1) is 13.5. The van der Waals surface area contributed by atoms with Gasteiger partial charge in [0.25, 0.3) is 0 Å². The van der Waals surface area contributed by atoms with Gasteiger partial charge in [-0.05, 0) is 0 Å². The van der Waals surface area contributed by atoms with Crippen LogP contribution in [0.3, 0.4) is 0 Å². The number of hydrogen-bond acceptors (Lipinski definition) is 0. The van der Waals surface area contributed by atoms with Gasteiger partial charge in [0.15, 0.2) is 0 Å². The van der Waals surface area contributed by atoms with Crippen molar-refractivity contribution in [3.8, 4) is 0 Å². The van der Waals surface area contributed by atoms with Gasteiger partial charge in [-0.2, -0.15) is 42.3 Å². The van der Waals surface area contributed by atoms with Gasteiger partial charge in [0, 0.05) is 0 Å². The fourth-order valence-corrected chi connectivity index (χ4v) is 0.586. The molecule has 1 aromatic rings. The van der Waals surface area contributed by atoms with Crippen molar-refractivity contribution in [2.24, 2.45) is 0 Å². The predicted molar refractivity (Wildman–Crippen MR) is 45.7 cm³/mol. The van der Waals surface area contributed by atoms with E-state index < -0.39 is 0 Å². The Balaban J connectivity index is 0. The molecule has 0 amide bonds. The van der Waals surface area contributed by atoms with Gasteiger partial charge in [0.1, 0.15) is 0 Å². The summed E-state index contributed by atoms with van der Waals surface area (Å²) in [6, 6.07) is 10.9. The number of rotatable bonds is 1. The minimum absolute atomic E-state index is 0. The topological polar surface area (TPSA) is 0 Å². The van der Waals surface area contributed by atoms with E-state index in [1.807, 2.05) is 38.1 Å². The molecule has 0 aliphatic carbocycles. The van der Waals surface area contributed by atoms with Crippen LogP contribution in [0.4, 0.5) is 0 Å². The van der Waals surface area contributed by atoms with Crippen LogP contribution in [0.2, 0.25) is 0 Å². The predicted octanol–water partition coefficient (Wildman–Crippen LogP) is 2.89. The SMILES string of the molecule is CC.[CH2-]Cc1[c-]cccc1.[W+2]. The standard InChI is InChI=1S/C8H8.C2H6.W/c1-2-8-6-4-3-5-7-8;1-2;/h3-6H,1-2H2;1-2H3;/q-2;;+2. The zero-order chi connectivity index (χ0) is 7.82. The van der Waals surface area contributed by atoms with E-state index in [9.17, 15) is 0 Å². The molecule has 11 heavy (non-hydrogen) atoms. The van der Waals surface area contributed by atoms with Crippen molar-refractivity contribution >= 4 is 0 Å². The van der Waals surface area contributed by atoms with E-state index in [-0.39, 0.29) is 21.1 Å². The Labute approximate surface area is 84.3 Å². The zero-order valence-electron chi connectivity index (χ0n) is 7.13. The molecule has 0 unspecified atom stereocenters. The average molecular weight is 318 g/mol. The van der Waals surface area contributed by atoms with Crippen LogP contribution in [0.1, 0.15) is 19.4 Å². The van der Waals surface area contributed by atoms with Crippen LogP contribution in [0, 0.1) is 13.0 Å². The summed E-state index contributed by atoms with van der Waals surface area (Å²) in [7, 11) is 0. The second-order valence-electron chi connectivity index (χ2n) is 1.64. The first-order valence-electron chi connectivity index (χ1n) is 3.68. The smallest absolute Gasteiger partial charge is 0.341 e. The summed E-state index contributed by atoms with van der Waals surface area (Å²) in [4.78, 5) is 0. The van der Waals surface area contributed by atoms with Crippen LogP contribution in [-0.4, -0.2) is 0 Å². The molecule has 0 fully saturated rings. The molecule has 0 saturated heterocycles. The van der Waals surface area contributed by atoms with Crippen molar-refractivity contribution in [1.82, 2.24) is 0 Å². The van der Waals surface area contributed by atoms with Crippen molar-refractivity contribution in [3.63, 3.8) is 0 Å². The van der Waals surface area contributed by atoms with Crippen LogP contribution in [0.25, 0.3) is 0 Å². The third-order valence-corrected chi connectivity index (χ3v) is 1.04. The largest absolute Gasteiger partial charge is 2.00 e. The molecule has 0 atom stereocenters. The van der Waals surface area contributed by atoms with E-state index in [1.54, 1.807) is 0 Å². The van der Waals surface area contributed by atoms with Crippen molar-refractivity contribution in [2.75, 3.05) is 0 Å². The van der Waals surface area contributed by atoms with Gasteiger partial charge in [0.05, 0.1) is 0 Å². The van der Waals surface area contributed by atoms with E-state index in [0.717, 1.165) is 6.42 Å². The molecule has 0 aromatic heterocycles. The zero-order valence-corrected chi connectivity index (χ0v) is 10.1. The fraction of sp³-hybridized carbons (Fsp3) is 0.300. The maximum atomic E-state index is 3.72. The molecule has 1 aromatic carbocycles. The quantitative estimate of drug-likeness (QED) is 0.699. The molecule has 0 aliphatic rings. The van der Waals surface area contributed by atoms with Crippen LogP contribution < -0.4 is 0 Å². The van der Waals surface area contributed by atoms with Crippen molar-refractivity contribution in [3.05, 3.63) is 42.8 Å². The molecule has 1 rings (SSSR count). The first-order chi connectivity index (χ1) is 4.93. The minimum Gasteiger partial charge on any atom is -0.341 e. The normalized spacial score (nSPS) is 7.18. The summed E-state index contributed by atoms with van der Waals surface area (Å²) in [5.74, 6) is 0. The second-order valence-corrected chi connectivity index (χ2v) is 1.64. The molecule has 0 bridgehead atoms. The van der Waals surface area contributed by atoms with Gasteiger partial charge in [0.2, 0.25) is 0 Å². The molecular weight excluding hydrogens is 304 g/mol. The summed E-state index contributed by atoms with van der Waals surface area (Å²) in [5.41, 5.74) is 1.17. The maximum absolute atomic E-state index is 3.72. The Bertz CT molecular complexity index is 146. The Hall–Kier alpha value is -0.0917. The van der Waals surface area contributed by atoms with Crippen molar-refractivity contribution in [2.45, 2.75) is 20.3 Å². The van der Waals surface area contributed by atoms with E-state index in [2.05, 4.69) is 13.0 Å². The number of hydrogen-bond donors (Lipinski definition) is 0. The third kappa shape index (κ3) is 6.31. The minimum atomic E-state index is 0. The van der Waals surface area contributed by atoms with Crippen LogP contribution >= 0.6 is 0 Å². The molecule has 1 heteroatoms. The van der Waals surface area contributed by atoms with Gasteiger partial charge in [-0.25, -0.2) is 0 Å². The summed E-state index contributed by atoms with van der Waals surface area (Å²) < 4.78 is 0. The van der Waals surface area contributed by atoms with Crippen LogP contribution in [0.15, 0.2) is 24.3 Å². The molecule has 60 valence electrons. The summed E-state index contributed by atoms with van der Waals surface area (Å²) >= 11 is 0. The molecule has 0 radical (unpaired) electrons. The summed E-state index contributed by atoms with van der Waals surface area (Å²) in [6.45, 7) is 7.72. The molecular formula is C10H14W.